The molecule has 36 heavy (non-hydrogen) atoms. The maximum absolute atomic E-state index is 13.7. The van der Waals surface area contributed by atoms with Crippen molar-refractivity contribution < 1.29 is 19.1 Å². The lowest BCUT2D eigenvalue weighted by molar-refractivity contribution is -0.120. The van der Waals surface area contributed by atoms with Crippen LogP contribution in [0.1, 0.15) is 59.3 Å². The van der Waals surface area contributed by atoms with E-state index in [4.69, 9.17) is 9.47 Å². The summed E-state index contributed by atoms with van der Waals surface area (Å²) in [6.07, 6.45) is 2.13. The number of rotatable bonds is 8. The Kier molecular flexibility index (Phi) is 6.33. The van der Waals surface area contributed by atoms with Crippen molar-refractivity contribution in [2.75, 3.05) is 19.9 Å². The van der Waals surface area contributed by atoms with Crippen LogP contribution in [0.15, 0.2) is 54.6 Å². The van der Waals surface area contributed by atoms with E-state index in [1.165, 1.54) is 0 Å². The molecule has 3 aromatic rings. The second kappa shape index (κ2) is 9.45. The van der Waals surface area contributed by atoms with Crippen molar-refractivity contribution >= 4 is 11.7 Å². The van der Waals surface area contributed by atoms with Gasteiger partial charge in [0.15, 0.2) is 11.5 Å². The van der Waals surface area contributed by atoms with Crippen LogP contribution < -0.4 is 9.47 Å². The van der Waals surface area contributed by atoms with Gasteiger partial charge in [0.1, 0.15) is 5.78 Å². The first-order valence-corrected chi connectivity index (χ1v) is 12.8. The second-order valence-corrected chi connectivity index (χ2v) is 9.84. The van der Waals surface area contributed by atoms with Gasteiger partial charge in [0.2, 0.25) is 6.79 Å². The van der Waals surface area contributed by atoms with Crippen LogP contribution in [0.25, 0.3) is 11.1 Å². The number of aryl methyl sites for hydroxylation is 1. The number of fused-ring (bicyclic) bond motifs is 1. The van der Waals surface area contributed by atoms with Gasteiger partial charge in [0.05, 0.1) is 5.41 Å². The van der Waals surface area contributed by atoms with Crippen LogP contribution in [0, 0.1) is 13.8 Å². The number of Topliss-reactive ketones (excluding diaryl/α,β-unsaturated/α-hetero) is 1. The molecule has 2 aliphatic rings. The van der Waals surface area contributed by atoms with E-state index < -0.39 is 5.41 Å². The molecule has 0 atom stereocenters. The van der Waals surface area contributed by atoms with E-state index in [-0.39, 0.29) is 18.5 Å². The standard InChI is InChI=1S/C31H33NO4/c1-5-32(6-2)30(34)23-10-8-22(9-11-23)25-13-7-20(3)26(21(25)4)18-29(33)31(15-16-31)24-12-14-27-28(17-24)36-19-35-27/h7-14,17H,5-6,15-16,18-19H2,1-4H3. The zero-order chi connectivity index (χ0) is 25.4. The zero-order valence-corrected chi connectivity index (χ0v) is 21.5. The number of ether oxygens (including phenoxy) is 2. The monoisotopic (exact) mass is 483 g/mol. The molecule has 186 valence electrons. The molecule has 1 amide bonds. The maximum Gasteiger partial charge on any atom is 0.253 e. The van der Waals surface area contributed by atoms with Crippen molar-refractivity contribution in [2.24, 2.45) is 0 Å². The Morgan fingerprint density at radius 1 is 0.889 bits per heavy atom. The molecule has 0 aromatic heterocycles. The quantitative estimate of drug-likeness (QED) is 0.393. The highest BCUT2D eigenvalue weighted by atomic mass is 16.7. The molecule has 3 aromatic carbocycles. The fraction of sp³-hybridized carbons (Fsp3) is 0.355. The first kappa shape index (κ1) is 24.1. The SMILES string of the molecule is CCN(CC)C(=O)c1ccc(-c2ccc(C)c(CC(=O)C3(c4ccc5c(c4)OCO5)CC3)c2C)cc1. The van der Waals surface area contributed by atoms with E-state index in [2.05, 4.69) is 26.0 Å². The maximum atomic E-state index is 13.7. The minimum absolute atomic E-state index is 0.0525. The lowest BCUT2D eigenvalue weighted by Gasteiger charge is -2.20. The van der Waals surface area contributed by atoms with E-state index in [1.807, 2.05) is 61.2 Å². The van der Waals surface area contributed by atoms with Gasteiger partial charge in [0.25, 0.3) is 5.91 Å². The Bertz CT molecular complexity index is 1320. The molecule has 1 aliphatic carbocycles. The van der Waals surface area contributed by atoms with Crippen LogP contribution in [0.5, 0.6) is 11.5 Å². The molecule has 1 aliphatic heterocycles. The summed E-state index contributed by atoms with van der Waals surface area (Å²) in [6, 6.07) is 17.9. The van der Waals surface area contributed by atoms with E-state index in [9.17, 15) is 9.59 Å². The third kappa shape index (κ3) is 4.17. The van der Waals surface area contributed by atoms with Crippen molar-refractivity contribution in [3.8, 4) is 22.6 Å². The number of carbonyl (C=O) groups excluding carboxylic acids is 2. The molecule has 1 saturated carbocycles. The highest BCUT2D eigenvalue weighted by Crippen LogP contribution is 2.51. The number of carbonyl (C=O) groups is 2. The van der Waals surface area contributed by atoms with Gasteiger partial charge >= 0.3 is 0 Å². The highest BCUT2D eigenvalue weighted by molar-refractivity contribution is 5.96. The average Bonchev–Trinajstić information content (AvgIpc) is 3.58. The normalized spacial score (nSPS) is 15.0. The van der Waals surface area contributed by atoms with Crippen LogP contribution in [0.2, 0.25) is 0 Å². The van der Waals surface area contributed by atoms with E-state index in [0.717, 1.165) is 57.7 Å². The number of hydrogen-bond donors (Lipinski definition) is 0. The molecule has 1 fully saturated rings. The van der Waals surface area contributed by atoms with Gasteiger partial charge in [0, 0.05) is 25.1 Å². The summed E-state index contributed by atoms with van der Waals surface area (Å²) in [6.45, 7) is 9.78. The topological polar surface area (TPSA) is 55.8 Å². The predicted molar refractivity (Wildman–Crippen MR) is 141 cm³/mol. The van der Waals surface area contributed by atoms with Crippen LogP contribution in [0.4, 0.5) is 0 Å². The van der Waals surface area contributed by atoms with Crippen molar-refractivity contribution in [1.29, 1.82) is 0 Å². The fourth-order valence-electron chi connectivity index (χ4n) is 5.34. The van der Waals surface area contributed by atoms with Gasteiger partial charge in [-0.3, -0.25) is 9.59 Å². The summed E-state index contributed by atoms with van der Waals surface area (Å²) in [5.41, 5.74) is 6.77. The van der Waals surface area contributed by atoms with Gasteiger partial charge in [-0.25, -0.2) is 0 Å². The molecule has 0 spiro atoms. The van der Waals surface area contributed by atoms with Crippen LogP contribution >= 0.6 is 0 Å². The number of hydrogen-bond acceptors (Lipinski definition) is 4. The molecule has 0 bridgehead atoms. The van der Waals surface area contributed by atoms with E-state index in [1.54, 1.807) is 0 Å². The summed E-state index contributed by atoms with van der Waals surface area (Å²) in [5.74, 6) is 1.77. The Hall–Kier alpha value is -3.60. The van der Waals surface area contributed by atoms with Crippen molar-refractivity contribution in [3.05, 3.63) is 82.4 Å². The summed E-state index contributed by atoms with van der Waals surface area (Å²) >= 11 is 0. The molecule has 0 unspecified atom stereocenters. The molecule has 5 nitrogen and oxygen atoms in total. The third-order valence-corrected chi connectivity index (χ3v) is 7.87. The van der Waals surface area contributed by atoms with Crippen LogP contribution in [-0.2, 0) is 16.6 Å². The molecule has 0 N–H and O–H groups in total. The predicted octanol–water partition coefficient (Wildman–Crippen LogP) is 6.02. The zero-order valence-electron chi connectivity index (χ0n) is 21.5. The van der Waals surface area contributed by atoms with Gasteiger partial charge in [-0.05, 0) is 98.2 Å². The molecule has 5 heteroatoms. The largest absolute Gasteiger partial charge is 0.454 e. The Morgan fingerprint density at radius 2 is 1.58 bits per heavy atom. The van der Waals surface area contributed by atoms with Crippen LogP contribution in [0.3, 0.4) is 0 Å². The smallest absolute Gasteiger partial charge is 0.253 e. The fourth-order valence-corrected chi connectivity index (χ4v) is 5.34. The lowest BCUT2D eigenvalue weighted by Crippen LogP contribution is -2.30. The van der Waals surface area contributed by atoms with Crippen molar-refractivity contribution in [3.63, 3.8) is 0 Å². The minimum Gasteiger partial charge on any atom is -0.454 e. The molecular weight excluding hydrogens is 450 g/mol. The van der Waals surface area contributed by atoms with Gasteiger partial charge in [-0.1, -0.05) is 30.3 Å². The molecular formula is C31H33NO4. The lowest BCUT2D eigenvalue weighted by atomic mass is 9.84. The Labute approximate surface area is 213 Å². The first-order chi connectivity index (χ1) is 17.4. The summed E-state index contributed by atoms with van der Waals surface area (Å²) < 4.78 is 11.0. The van der Waals surface area contributed by atoms with Gasteiger partial charge in [-0.15, -0.1) is 0 Å². The Balaban J connectivity index is 1.40. The van der Waals surface area contributed by atoms with E-state index in [0.29, 0.717) is 25.1 Å². The summed E-state index contributed by atoms with van der Waals surface area (Å²) in [7, 11) is 0. The Morgan fingerprint density at radius 3 is 2.25 bits per heavy atom. The number of ketones is 1. The van der Waals surface area contributed by atoms with Gasteiger partial charge < -0.3 is 14.4 Å². The second-order valence-electron chi connectivity index (χ2n) is 9.84. The summed E-state index contributed by atoms with van der Waals surface area (Å²) in [5, 5.41) is 0. The van der Waals surface area contributed by atoms with Crippen LogP contribution in [-0.4, -0.2) is 36.5 Å². The number of amides is 1. The van der Waals surface area contributed by atoms with Crippen molar-refractivity contribution in [2.45, 2.75) is 52.4 Å². The van der Waals surface area contributed by atoms with Crippen molar-refractivity contribution in [1.82, 2.24) is 4.90 Å². The summed E-state index contributed by atoms with van der Waals surface area (Å²) in [4.78, 5) is 28.2. The molecule has 0 saturated heterocycles. The molecule has 0 radical (unpaired) electrons. The molecule has 5 rings (SSSR count). The average molecular weight is 484 g/mol. The third-order valence-electron chi connectivity index (χ3n) is 7.87. The molecule has 1 heterocycles. The first-order valence-electron chi connectivity index (χ1n) is 12.8. The van der Waals surface area contributed by atoms with E-state index >= 15 is 0 Å². The highest BCUT2D eigenvalue weighted by Gasteiger charge is 2.51. The minimum atomic E-state index is -0.428. The number of nitrogens with zero attached hydrogens (tertiary/aromatic N) is 1. The van der Waals surface area contributed by atoms with Gasteiger partial charge in [-0.2, -0.15) is 0 Å². The number of benzene rings is 3.